The Bertz CT molecular complexity index is 837. The van der Waals surface area contributed by atoms with Crippen LogP contribution < -0.4 is 5.32 Å². The minimum atomic E-state index is 0.0384. The Balaban J connectivity index is 1.42. The molecule has 2 aromatic rings. The third-order valence-electron chi connectivity index (χ3n) is 4.66. The van der Waals surface area contributed by atoms with E-state index in [1.165, 1.54) is 18.4 Å². The van der Waals surface area contributed by atoms with Crippen molar-refractivity contribution in [2.75, 3.05) is 6.26 Å². The first-order chi connectivity index (χ1) is 12.6. The molecule has 1 aromatic carbocycles. The largest absolute Gasteiger partial charge is 0.349 e. The Morgan fingerprint density at radius 2 is 2.08 bits per heavy atom. The highest BCUT2D eigenvalue weighted by Gasteiger charge is 2.29. The van der Waals surface area contributed by atoms with Gasteiger partial charge in [-0.15, -0.1) is 0 Å². The number of nitrogens with one attached hydrogen (secondary N) is 1. The van der Waals surface area contributed by atoms with Crippen LogP contribution in [0.5, 0.6) is 0 Å². The Morgan fingerprint density at radius 1 is 1.35 bits per heavy atom. The molecule has 138 valence electrons. The first-order valence-corrected chi connectivity index (χ1v) is 11.3. The van der Waals surface area contributed by atoms with Crippen LogP contribution in [0.15, 0.2) is 28.6 Å². The van der Waals surface area contributed by atoms with Gasteiger partial charge in [0.25, 0.3) is 5.91 Å². The number of carbonyl (C=O) groups excluding carboxylic acids is 1. The lowest BCUT2D eigenvalue weighted by atomic mass is 10.1. The van der Waals surface area contributed by atoms with Crippen molar-refractivity contribution in [1.29, 1.82) is 0 Å². The van der Waals surface area contributed by atoms with Crippen LogP contribution in [0.2, 0.25) is 0 Å². The molecule has 0 atom stereocenters. The maximum absolute atomic E-state index is 12.1. The molecule has 2 saturated carbocycles. The van der Waals surface area contributed by atoms with Gasteiger partial charge in [0.05, 0.1) is 6.67 Å². The molecule has 0 radical (unpaired) electrons. The van der Waals surface area contributed by atoms with Crippen LogP contribution in [0.1, 0.15) is 41.6 Å². The molecule has 0 spiro atoms. The van der Waals surface area contributed by atoms with Crippen molar-refractivity contribution in [2.45, 2.75) is 55.3 Å². The van der Waals surface area contributed by atoms with Crippen molar-refractivity contribution in [3.8, 4) is 0 Å². The van der Waals surface area contributed by atoms with E-state index in [9.17, 15) is 4.79 Å². The van der Waals surface area contributed by atoms with E-state index in [2.05, 4.69) is 27.4 Å². The number of rotatable bonds is 8. The summed E-state index contributed by atoms with van der Waals surface area (Å²) >= 11 is 8.65. The molecule has 2 fully saturated rings. The van der Waals surface area contributed by atoms with E-state index >= 15 is 0 Å². The van der Waals surface area contributed by atoms with E-state index < -0.39 is 0 Å². The van der Waals surface area contributed by atoms with E-state index in [1.54, 1.807) is 23.1 Å². The monoisotopic (exact) mass is 406 g/mol. The summed E-state index contributed by atoms with van der Waals surface area (Å²) in [5.74, 6) is 0.0384. The zero-order valence-corrected chi connectivity index (χ0v) is 17.1. The first-order valence-electron chi connectivity index (χ1n) is 8.88. The number of hydrogen-bond acceptors (Lipinski definition) is 6. The van der Waals surface area contributed by atoms with Crippen LogP contribution in [0.4, 0.5) is 0 Å². The SMILES string of the molecule is CSc1nn(CN(Cc2ccc(C(=O)NC3CC3)cc2)C2CC2)c(=S)s1. The number of amides is 1. The molecule has 5 nitrogen and oxygen atoms in total. The first kappa shape index (κ1) is 18.2. The maximum Gasteiger partial charge on any atom is 0.251 e. The third kappa shape index (κ3) is 4.54. The summed E-state index contributed by atoms with van der Waals surface area (Å²) in [7, 11) is 0. The van der Waals surface area contributed by atoms with Crippen LogP contribution >= 0.6 is 35.3 Å². The van der Waals surface area contributed by atoms with Crippen LogP contribution in [-0.4, -0.2) is 38.9 Å². The van der Waals surface area contributed by atoms with Gasteiger partial charge in [-0.1, -0.05) is 35.2 Å². The number of hydrogen-bond donors (Lipinski definition) is 1. The number of benzene rings is 1. The topological polar surface area (TPSA) is 50.2 Å². The number of thioether (sulfide) groups is 1. The molecule has 1 heterocycles. The van der Waals surface area contributed by atoms with Gasteiger partial charge in [-0.2, -0.15) is 5.10 Å². The summed E-state index contributed by atoms with van der Waals surface area (Å²) < 4.78 is 3.77. The molecule has 26 heavy (non-hydrogen) atoms. The second kappa shape index (κ2) is 7.80. The molecule has 4 rings (SSSR count). The predicted molar refractivity (Wildman–Crippen MR) is 108 cm³/mol. The number of aromatic nitrogens is 2. The highest BCUT2D eigenvalue weighted by Crippen LogP contribution is 2.29. The average molecular weight is 407 g/mol. The summed E-state index contributed by atoms with van der Waals surface area (Å²) in [6.07, 6.45) is 6.70. The Morgan fingerprint density at radius 3 is 2.65 bits per heavy atom. The van der Waals surface area contributed by atoms with Gasteiger partial charge in [0.2, 0.25) is 0 Å². The van der Waals surface area contributed by atoms with Crippen molar-refractivity contribution in [2.24, 2.45) is 0 Å². The molecule has 2 aliphatic carbocycles. The van der Waals surface area contributed by atoms with E-state index in [0.717, 1.165) is 39.9 Å². The summed E-state index contributed by atoms with van der Waals surface area (Å²) in [6.45, 7) is 1.58. The molecule has 1 N–H and O–H groups in total. The molecule has 1 aromatic heterocycles. The van der Waals surface area contributed by atoms with Crippen molar-refractivity contribution in [3.63, 3.8) is 0 Å². The van der Waals surface area contributed by atoms with Gasteiger partial charge in [-0.25, -0.2) is 4.68 Å². The molecule has 0 unspecified atom stereocenters. The number of nitrogens with zero attached hydrogens (tertiary/aromatic N) is 3. The van der Waals surface area contributed by atoms with Crippen LogP contribution in [0.25, 0.3) is 0 Å². The maximum atomic E-state index is 12.1. The molecule has 8 heteroatoms. The van der Waals surface area contributed by atoms with Crippen molar-refractivity contribution in [3.05, 3.63) is 39.3 Å². The Hall–Kier alpha value is -1.22. The second-order valence-corrected chi connectivity index (χ2v) is 9.58. The fourth-order valence-corrected chi connectivity index (χ4v) is 4.59. The summed E-state index contributed by atoms with van der Waals surface area (Å²) in [6, 6.07) is 8.97. The fraction of sp³-hybridized carbons (Fsp3) is 0.500. The minimum absolute atomic E-state index is 0.0384. The van der Waals surface area contributed by atoms with E-state index in [4.69, 9.17) is 12.2 Å². The van der Waals surface area contributed by atoms with Gasteiger partial charge in [0.1, 0.15) is 0 Å². The zero-order chi connectivity index (χ0) is 18.1. The fourth-order valence-electron chi connectivity index (χ4n) is 2.86. The Kier molecular flexibility index (Phi) is 5.45. The third-order valence-corrected chi connectivity index (χ3v) is 6.94. The van der Waals surface area contributed by atoms with Crippen molar-refractivity contribution >= 4 is 41.2 Å². The molecule has 1 amide bonds. The zero-order valence-electron chi connectivity index (χ0n) is 14.7. The summed E-state index contributed by atoms with van der Waals surface area (Å²) in [5.41, 5.74) is 1.96. The second-order valence-electron chi connectivity index (χ2n) is 6.90. The van der Waals surface area contributed by atoms with Crippen LogP contribution in [0, 0.1) is 3.95 Å². The molecular formula is C18H22N4OS3. The molecule has 2 aliphatic rings. The van der Waals surface area contributed by atoms with Gasteiger partial charge in [0.15, 0.2) is 8.29 Å². The Labute approximate surface area is 166 Å². The normalized spacial score (nSPS) is 16.8. The van der Waals surface area contributed by atoms with Crippen molar-refractivity contribution in [1.82, 2.24) is 20.0 Å². The van der Waals surface area contributed by atoms with E-state index in [-0.39, 0.29) is 5.91 Å². The molecular weight excluding hydrogens is 384 g/mol. The number of carbonyl (C=O) groups is 1. The van der Waals surface area contributed by atoms with Gasteiger partial charge in [-0.05, 0) is 61.9 Å². The highest BCUT2D eigenvalue weighted by atomic mass is 32.2. The van der Waals surface area contributed by atoms with Crippen LogP contribution in [0.3, 0.4) is 0 Å². The summed E-state index contributed by atoms with van der Waals surface area (Å²) in [4.78, 5) is 14.5. The minimum Gasteiger partial charge on any atom is -0.349 e. The van der Waals surface area contributed by atoms with Gasteiger partial charge >= 0.3 is 0 Å². The quantitative estimate of drug-likeness (QED) is 0.532. The van der Waals surface area contributed by atoms with Crippen LogP contribution in [-0.2, 0) is 13.2 Å². The van der Waals surface area contributed by atoms with Gasteiger partial charge in [0, 0.05) is 24.2 Å². The molecule has 0 saturated heterocycles. The smallest absolute Gasteiger partial charge is 0.251 e. The lowest BCUT2D eigenvalue weighted by Crippen LogP contribution is -2.29. The van der Waals surface area contributed by atoms with Crippen molar-refractivity contribution < 1.29 is 4.79 Å². The van der Waals surface area contributed by atoms with E-state index in [1.807, 2.05) is 23.1 Å². The lowest BCUT2D eigenvalue weighted by molar-refractivity contribution is 0.0951. The standard InChI is InChI=1S/C18H22N4OS3/c1-25-17-20-22(18(24)26-17)11-21(15-8-9-15)10-12-2-4-13(5-3-12)16(23)19-14-6-7-14/h2-5,14-15H,6-11H2,1H3,(H,19,23). The molecule has 0 bridgehead atoms. The lowest BCUT2D eigenvalue weighted by Gasteiger charge is -2.22. The summed E-state index contributed by atoms with van der Waals surface area (Å²) in [5, 5.41) is 7.62. The van der Waals surface area contributed by atoms with Gasteiger partial charge < -0.3 is 5.32 Å². The highest BCUT2D eigenvalue weighted by molar-refractivity contribution is 8.00. The predicted octanol–water partition coefficient (Wildman–Crippen LogP) is 3.91. The molecule has 0 aliphatic heterocycles. The van der Waals surface area contributed by atoms with E-state index in [0.29, 0.717) is 12.1 Å². The van der Waals surface area contributed by atoms with Gasteiger partial charge in [-0.3, -0.25) is 9.69 Å². The average Bonchev–Trinajstić information content (AvgIpc) is 3.55.